The molecule has 0 spiro atoms. The van der Waals surface area contributed by atoms with Crippen molar-refractivity contribution in [2.24, 2.45) is 5.92 Å². The van der Waals surface area contributed by atoms with Gasteiger partial charge in [-0.15, -0.1) is 0 Å². The van der Waals surface area contributed by atoms with Gasteiger partial charge in [-0.1, -0.05) is 73.2 Å². The van der Waals surface area contributed by atoms with Gasteiger partial charge in [0.15, 0.2) is 0 Å². The van der Waals surface area contributed by atoms with Gasteiger partial charge in [0.2, 0.25) is 0 Å². The Hall–Kier alpha value is -3.94. The summed E-state index contributed by atoms with van der Waals surface area (Å²) in [6.07, 6.45) is 8.57. The highest BCUT2D eigenvalue weighted by molar-refractivity contribution is 7.85. The van der Waals surface area contributed by atoms with Crippen LogP contribution in [0.1, 0.15) is 102 Å². The van der Waals surface area contributed by atoms with Gasteiger partial charge in [0.25, 0.3) is 10.1 Å². The SMILES string of the molecule is O=C(Oc1ccc(S(=O)(=O)O)c2c1CCCC2)C1C2c3ccccc3C(c3ccccc32)C1c1ccccc1OC1CCCCC1. The molecule has 2 bridgehead atoms. The Kier molecular flexibility index (Phi) is 7.49. The smallest absolute Gasteiger partial charge is 0.315 e. The minimum absolute atomic E-state index is 0.0677. The number of para-hydroxylation sites is 1. The first-order valence-electron chi connectivity index (χ1n) is 16.7. The minimum Gasteiger partial charge on any atom is -0.490 e. The second-order valence-corrected chi connectivity index (χ2v) is 14.7. The van der Waals surface area contributed by atoms with E-state index in [4.69, 9.17) is 9.47 Å². The Balaban J connectivity index is 1.27. The van der Waals surface area contributed by atoms with Crippen molar-refractivity contribution in [2.75, 3.05) is 0 Å². The number of ether oxygens (including phenoxy) is 2. The van der Waals surface area contributed by atoms with E-state index in [1.54, 1.807) is 6.07 Å². The highest BCUT2D eigenvalue weighted by Crippen LogP contribution is 2.62. The number of fused-ring (bicyclic) bond motifs is 2. The summed E-state index contributed by atoms with van der Waals surface area (Å²) in [5.41, 5.74) is 7.07. The molecule has 0 saturated heterocycles. The summed E-state index contributed by atoms with van der Waals surface area (Å²) in [4.78, 5) is 14.7. The summed E-state index contributed by atoms with van der Waals surface area (Å²) in [5.74, 6) is -0.145. The molecule has 5 aliphatic rings. The first kappa shape index (κ1) is 29.5. The van der Waals surface area contributed by atoms with Crippen molar-refractivity contribution in [1.29, 1.82) is 0 Å². The van der Waals surface area contributed by atoms with Crippen molar-refractivity contribution < 1.29 is 27.2 Å². The van der Waals surface area contributed by atoms with Crippen molar-refractivity contribution in [3.05, 3.63) is 124 Å². The summed E-state index contributed by atoms with van der Waals surface area (Å²) in [7, 11) is -4.40. The Morgan fingerprint density at radius 3 is 1.83 bits per heavy atom. The number of carbonyl (C=O) groups is 1. The molecule has 0 aromatic heterocycles. The van der Waals surface area contributed by atoms with Crippen LogP contribution in [0.5, 0.6) is 11.5 Å². The highest BCUT2D eigenvalue weighted by atomic mass is 32.2. The van der Waals surface area contributed by atoms with E-state index in [2.05, 4.69) is 48.5 Å². The molecule has 4 aromatic rings. The van der Waals surface area contributed by atoms with Crippen molar-refractivity contribution in [2.45, 2.75) is 86.5 Å². The van der Waals surface area contributed by atoms with Crippen LogP contribution < -0.4 is 9.47 Å². The molecule has 1 fully saturated rings. The Labute approximate surface area is 270 Å². The van der Waals surface area contributed by atoms with Gasteiger partial charge in [0, 0.05) is 17.8 Å². The molecule has 0 heterocycles. The van der Waals surface area contributed by atoms with E-state index in [1.165, 1.54) is 23.6 Å². The third-order valence-electron chi connectivity index (χ3n) is 10.8. The topological polar surface area (TPSA) is 89.9 Å². The molecule has 9 rings (SSSR count). The average molecular weight is 635 g/mol. The molecule has 5 aliphatic carbocycles. The van der Waals surface area contributed by atoms with Crippen LogP contribution in [0.15, 0.2) is 89.8 Å². The van der Waals surface area contributed by atoms with Crippen LogP contribution in [-0.4, -0.2) is 25.0 Å². The number of hydrogen-bond acceptors (Lipinski definition) is 5. The zero-order chi connectivity index (χ0) is 31.4. The fourth-order valence-corrected chi connectivity index (χ4v) is 9.65. The summed E-state index contributed by atoms with van der Waals surface area (Å²) in [6, 6.07) is 28.1. The number of esters is 1. The summed E-state index contributed by atoms with van der Waals surface area (Å²) >= 11 is 0. The molecule has 4 aromatic carbocycles. The largest absolute Gasteiger partial charge is 0.490 e. The van der Waals surface area contributed by atoms with Crippen LogP contribution in [0.25, 0.3) is 0 Å². The van der Waals surface area contributed by atoms with Gasteiger partial charge in [0.1, 0.15) is 11.5 Å². The maximum atomic E-state index is 14.8. The fraction of sp³-hybridized carbons (Fsp3) is 0.359. The number of hydrogen-bond donors (Lipinski definition) is 1. The van der Waals surface area contributed by atoms with Crippen LogP contribution in [0, 0.1) is 5.92 Å². The molecule has 46 heavy (non-hydrogen) atoms. The lowest BCUT2D eigenvalue weighted by atomic mass is 9.52. The monoisotopic (exact) mass is 634 g/mol. The first-order chi connectivity index (χ1) is 22.4. The van der Waals surface area contributed by atoms with Crippen molar-refractivity contribution in [3.8, 4) is 11.5 Å². The maximum absolute atomic E-state index is 14.8. The zero-order valence-corrected chi connectivity index (χ0v) is 26.5. The minimum atomic E-state index is -4.40. The number of carbonyl (C=O) groups excluding carboxylic acids is 1. The fourth-order valence-electron chi connectivity index (χ4n) is 8.88. The second kappa shape index (κ2) is 11.7. The van der Waals surface area contributed by atoms with Gasteiger partial charge in [-0.2, -0.15) is 8.42 Å². The van der Waals surface area contributed by atoms with Gasteiger partial charge in [-0.25, -0.2) is 0 Å². The van der Waals surface area contributed by atoms with Crippen LogP contribution in [-0.2, 0) is 27.8 Å². The molecule has 2 unspecified atom stereocenters. The van der Waals surface area contributed by atoms with E-state index in [-0.39, 0.29) is 34.7 Å². The van der Waals surface area contributed by atoms with Crippen LogP contribution in [0.2, 0.25) is 0 Å². The lowest BCUT2D eigenvalue weighted by Gasteiger charge is -2.50. The predicted octanol–water partition coefficient (Wildman–Crippen LogP) is 8.12. The Bertz CT molecular complexity index is 1880. The zero-order valence-electron chi connectivity index (χ0n) is 25.7. The van der Waals surface area contributed by atoms with Gasteiger partial charge in [0.05, 0.1) is 16.9 Å². The van der Waals surface area contributed by atoms with Crippen LogP contribution in [0.3, 0.4) is 0 Å². The third-order valence-corrected chi connectivity index (χ3v) is 11.7. The molecule has 0 radical (unpaired) electrons. The molecular formula is C39H38O6S. The normalized spacial score (nSPS) is 23.6. The number of benzene rings is 4. The number of rotatable bonds is 6. The van der Waals surface area contributed by atoms with Crippen molar-refractivity contribution in [1.82, 2.24) is 0 Å². The van der Waals surface area contributed by atoms with E-state index in [9.17, 15) is 17.8 Å². The van der Waals surface area contributed by atoms with Gasteiger partial charge < -0.3 is 9.47 Å². The van der Waals surface area contributed by atoms with Crippen molar-refractivity contribution >= 4 is 16.1 Å². The molecule has 1 N–H and O–H groups in total. The molecule has 0 amide bonds. The standard InChI is InChI=1S/C39H38O6S/c40-39(45-33-22-23-34(46(41,42)43)26-15-5-4-14-25(26)33)38-36-29-18-8-6-16-27(29)35(28-17-7-9-19-30(28)36)37(38)31-20-10-11-21-32(31)44-24-12-2-1-3-13-24/h6-11,16-24,35-38H,1-5,12-15H2,(H,41,42,43). The molecule has 236 valence electrons. The first-order valence-corrected chi connectivity index (χ1v) is 18.1. The lowest BCUT2D eigenvalue weighted by molar-refractivity contribution is -0.141. The average Bonchev–Trinajstić information content (AvgIpc) is 3.08. The van der Waals surface area contributed by atoms with Gasteiger partial charge in [-0.05, 0) is 109 Å². The van der Waals surface area contributed by atoms with E-state index >= 15 is 0 Å². The molecule has 2 atom stereocenters. The highest BCUT2D eigenvalue weighted by Gasteiger charge is 2.54. The second-order valence-electron chi connectivity index (χ2n) is 13.3. The third kappa shape index (κ3) is 4.96. The van der Waals surface area contributed by atoms with E-state index < -0.39 is 16.0 Å². The summed E-state index contributed by atoms with van der Waals surface area (Å²) in [6.45, 7) is 0. The van der Waals surface area contributed by atoms with Crippen LogP contribution >= 0.6 is 0 Å². The van der Waals surface area contributed by atoms with E-state index in [0.29, 0.717) is 29.7 Å². The molecular weight excluding hydrogens is 596 g/mol. The molecule has 1 saturated carbocycles. The molecule has 0 aliphatic heterocycles. The summed E-state index contributed by atoms with van der Waals surface area (Å²) in [5, 5.41) is 0. The van der Waals surface area contributed by atoms with E-state index in [1.807, 2.05) is 24.3 Å². The van der Waals surface area contributed by atoms with E-state index in [0.717, 1.165) is 61.0 Å². The quantitative estimate of drug-likeness (QED) is 0.131. The Morgan fingerprint density at radius 1 is 0.630 bits per heavy atom. The molecule has 7 heteroatoms. The van der Waals surface area contributed by atoms with Gasteiger partial charge >= 0.3 is 5.97 Å². The van der Waals surface area contributed by atoms with Gasteiger partial charge in [-0.3, -0.25) is 9.35 Å². The maximum Gasteiger partial charge on any atom is 0.315 e. The predicted molar refractivity (Wildman–Crippen MR) is 175 cm³/mol. The molecule has 6 nitrogen and oxygen atoms in total. The van der Waals surface area contributed by atoms with Crippen molar-refractivity contribution in [3.63, 3.8) is 0 Å². The lowest BCUT2D eigenvalue weighted by Crippen LogP contribution is -2.44. The summed E-state index contributed by atoms with van der Waals surface area (Å²) < 4.78 is 47.5. The Morgan fingerprint density at radius 2 is 1.20 bits per heavy atom. The van der Waals surface area contributed by atoms with Crippen LogP contribution in [0.4, 0.5) is 0 Å².